The summed E-state index contributed by atoms with van der Waals surface area (Å²) in [5, 5.41) is 16.1. The largest absolute Gasteiger partial charge is 0.569 e. The highest BCUT2D eigenvalue weighted by molar-refractivity contribution is 6.36. The van der Waals surface area contributed by atoms with Crippen LogP contribution in [0.25, 0.3) is 6.08 Å². The molecule has 2 heterocycles. The van der Waals surface area contributed by atoms with Crippen LogP contribution in [0.5, 0.6) is 5.75 Å². The number of halogens is 5. The zero-order valence-corrected chi connectivity index (χ0v) is 16.5. The number of benzene rings is 1. The third-order valence-corrected chi connectivity index (χ3v) is 4.50. The van der Waals surface area contributed by atoms with Gasteiger partial charge < -0.3 is 24.3 Å². The maximum absolute atomic E-state index is 13.4. The minimum absolute atomic E-state index is 0.0728. The Morgan fingerprint density at radius 1 is 1.33 bits per heavy atom. The monoisotopic (exact) mass is 471 g/mol. The summed E-state index contributed by atoms with van der Waals surface area (Å²) in [4.78, 5) is 16.9. The van der Waals surface area contributed by atoms with E-state index in [2.05, 4.69) is 14.9 Å². The number of hydrogen-bond acceptors (Lipinski definition) is 7. The van der Waals surface area contributed by atoms with Crippen LogP contribution >= 0.6 is 23.2 Å². The van der Waals surface area contributed by atoms with Gasteiger partial charge in [0, 0.05) is 10.6 Å². The smallest absolute Gasteiger partial charge is 0.430 e. The maximum Gasteiger partial charge on any atom is 0.430 e. The predicted molar refractivity (Wildman–Crippen MR) is 95.4 cm³/mol. The molecule has 1 aromatic rings. The topological polar surface area (TPSA) is 95.7 Å². The number of esters is 1. The van der Waals surface area contributed by atoms with Gasteiger partial charge in [0.2, 0.25) is 11.4 Å². The Hall–Kier alpha value is -2.44. The summed E-state index contributed by atoms with van der Waals surface area (Å²) in [6.07, 6.45) is -6.63. The third-order valence-electron chi connectivity index (χ3n) is 4.00. The van der Waals surface area contributed by atoms with Gasteiger partial charge in [0.25, 0.3) is 6.79 Å². The fourth-order valence-corrected chi connectivity index (χ4v) is 3.21. The van der Waals surface area contributed by atoms with Crippen LogP contribution in [0.4, 0.5) is 13.2 Å². The molecule has 14 heteroatoms. The van der Waals surface area contributed by atoms with Crippen LogP contribution in [0.15, 0.2) is 23.0 Å². The number of alkyl halides is 3. The van der Waals surface area contributed by atoms with Gasteiger partial charge in [-0.1, -0.05) is 23.2 Å². The Kier molecular flexibility index (Phi) is 6.78. The summed E-state index contributed by atoms with van der Waals surface area (Å²) in [7, 11) is 0. The lowest BCUT2D eigenvalue weighted by Gasteiger charge is -2.28. The average molecular weight is 472 g/mol. The molecule has 0 N–H and O–H groups in total. The molecule has 1 unspecified atom stereocenters. The lowest BCUT2D eigenvalue weighted by Crippen LogP contribution is -2.41. The lowest BCUT2D eigenvalue weighted by molar-refractivity contribution is -0.715. The summed E-state index contributed by atoms with van der Waals surface area (Å²) in [6.45, 7) is 0.306. The first-order chi connectivity index (χ1) is 14.2. The summed E-state index contributed by atoms with van der Waals surface area (Å²) in [5.74, 6) is -1.64. The van der Waals surface area contributed by atoms with Crippen LogP contribution in [-0.4, -0.2) is 61.3 Å². The van der Waals surface area contributed by atoms with E-state index in [1.165, 1.54) is 17.1 Å². The number of hydrogen-bond donors (Lipinski definition) is 0. The number of carbonyl (C=O) groups excluding carboxylic acids is 1. The Balaban J connectivity index is 1.69. The van der Waals surface area contributed by atoms with Crippen molar-refractivity contribution in [3.05, 3.63) is 38.5 Å². The molecule has 2 aliphatic rings. The van der Waals surface area contributed by atoms with Crippen molar-refractivity contribution in [1.29, 1.82) is 0 Å². The highest BCUT2D eigenvalue weighted by Crippen LogP contribution is 2.42. The van der Waals surface area contributed by atoms with Crippen molar-refractivity contribution in [2.45, 2.75) is 12.3 Å². The summed E-state index contributed by atoms with van der Waals surface area (Å²) < 4.78 is 54.8. The van der Waals surface area contributed by atoms with Crippen molar-refractivity contribution in [3.8, 4) is 5.75 Å². The predicted octanol–water partition coefficient (Wildman–Crippen LogP) is 3.34. The van der Waals surface area contributed by atoms with E-state index < -0.39 is 30.6 Å². The molecular formula is C16H14Cl2F3N3O6. The van der Waals surface area contributed by atoms with Crippen LogP contribution in [0.1, 0.15) is 5.56 Å². The Bertz CT molecular complexity index is 875. The molecule has 164 valence electrons. The number of carbonyl (C=O) groups is 1. The van der Waals surface area contributed by atoms with Crippen LogP contribution in [-0.2, 0) is 19.1 Å². The zero-order chi connectivity index (χ0) is 21.9. The van der Waals surface area contributed by atoms with E-state index >= 15 is 0 Å². The molecule has 1 aromatic carbocycles. The van der Waals surface area contributed by atoms with E-state index in [1.807, 2.05) is 0 Å². The van der Waals surface area contributed by atoms with Crippen molar-refractivity contribution in [2.75, 3.05) is 33.1 Å². The minimum Gasteiger partial charge on any atom is -0.569 e. The first-order valence-corrected chi connectivity index (χ1v) is 9.16. The Morgan fingerprint density at radius 2 is 2.03 bits per heavy atom. The van der Waals surface area contributed by atoms with Crippen LogP contribution < -0.4 is 4.74 Å². The average Bonchev–Trinajstić information content (AvgIpc) is 2.69. The van der Waals surface area contributed by atoms with Gasteiger partial charge in [-0.15, -0.1) is 5.01 Å². The van der Waals surface area contributed by atoms with Crippen molar-refractivity contribution in [2.24, 2.45) is 5.28 Å². The maximum atomic E-state index is 13.4. The molecule has 0 saturated carbocycles. The molecular weight excluding hydrogens is 458 g/mol. The molecule has 1 atom stereocenters. The van der Waals surface area contributed by atoms with Crippen molar-refractivity contribution >= 4 is 35.2 Å². The van der Waals surface area contributed by atoms with Crippen molar-refractivity contribution in [1.82, 2.24) is 5.01 Å². The second kappa shape index (κ2) is 9.14. The summed E-state index contributed by atoms with van der Waals surface area (Å²) in [6, 6.07) is 2.50. The van der Waals surface area contributed by atoms with Crippen molar-refractivity contribution in [3.63, 3.8) is 0 Å². The highest BCUT2D eigenvalue weighted by atomic mass is 35.5. The quantitative estimate of drug-likeness (QED) is 0.162. The molecule has 9 nitrogen and oxygen atoms in total. The number of morpholine rings is 1. The molecule has 3 rings (SSSR count). The van der Waals surface area contributed by atoms with Gasteiger partial charge in [-0.25, -0.2) is 4.79 Å². The molecule has 1 saturated heterocycles. The molecule has 1 fully saturated rings. The van der Waals surface area contributed by atoms with Gasteiger partial charge in [-0.05, 0) is 18.2 Å². The molecule has 2 aliphatic heterocycles. The van der Waals surface area contributed by atoms with E-state index in [1.54, 1.807) is 0 Å². The highest BCUT2D eigenvalue weighted by Gasteiger charge is 2.49. The molecule has 0 amide bonds. The second-order valence-corrected chi connectivity index (χ2v) is 6.87. The number of rotatable bonds is 5. The van der Waals surface area contributed by atoms with E-state index in [0.717, 1.165) is 6.08 Å². The van der Waals surface area contributed by atoms with Crippen LogP contribution in [0.2, 0.25) is 10.0 Å². The normalized spacial score (nSPS) is 19.5. The SMILES string of the molecule is O=C(OCO/N=[N+](\[O-])N1CCOCC1)C1=Cc2cc(Cl)cc(Cl)c2OC1C(F)(F)F. The lowest BCUT2D eigenvalue weighted by atomic mass is 10.0. The number of hydrazine groups is 1. The van der Waals surface area contributed by atoms with Gasteiger partial charge in [0.05, 0.1) is 28.8 Å². The third kappa shape index (κ3) is 5.18. The summed E-state index contributed by atoms with van der Waals surface area (Å²) >= 11 is 11.7. The first-order valence-electron chi connectivity index (χ1n) is 8.40. The molecule has 0 aromatic heterocycles. The van der Waals surface area contributed by atoms with E-state index in [4.69, 9.17) is 32.7 Å². The van der Waals surface area contributed by atoms with Gasteiger partial charge >= 0.3 is 12.1 Å². The first kappa shape index (κ1) is 22.2. The molecule has 30 heavy (non-hydrogen) atoms. The second-order valence-electron chi connectivity index (χ2n) is 6.02. The van der Waals surface area contributed by atoms with Gasteiger partial charge in [0.1, 0.15) is 18.8 Å². The number of nitrogens with zero attached hydrogens (tertiary/aromatic N) is 3. The van der Waals surface area contributed by atoms with E-state index in [9.17, 15) is 23.2 Å². The zero-order valence-electron chi connectivity index (χ0n) is 15.0. The number of fused-ring (bicyclic) bond motifs is 1. The molecule has 0 spiro atoms. The Labute approximate surface area is 177 Å². The minimum atomic E-state index is -4.93. The van der Waals surface area contributed by atoms with Crippen LogP contribution in [0.3, 0.4) is 0 Å². The van der Waals surface area contributed by atoms with E-state index in [0.29, 0.717) is 13.2 Å². The standard InChI is InChI=1S/C16H14Cl2F3N3O6/c17-10-5-9-6-11(14(16(19,20)21)30-13(9)12(18)7-10)15(25)28-8-29-22-24(26)23-1-3-27-4-2-23/h5-7,14H,1-4,8H2/b24-22-. The fraction of sp³-hybridized carbons (Fsp3) is 0.438. The van der Waals surface area contributed by atoms with Gasteiger partial charge in [0.15, 0.2) is 0 Å². The van der Waals surface area contributed by atoms with Crippen LogP contribution in [0, 0.1) is 5.21 Å². The van der Waals surface area contributed by atoms with Gasteiger partial charge in [-0.3, -0.25) is 0 Å². The van der Waals surface area contributed by atoms with Crippen molar-refractivity contribution < 1.29 is 42.0 Å². The fourth-order valence-electron chi connectivity index (χ4n) is 2.66. The van der Waals surface area contributed by atoms with Gasteiger partial charge in [-0.2, -0.15) is 13.2 Å². The molecule has 0 aliphatic carbocycles. The number of ether oxygens (including phenoxy) is 3. The van der Waals surface area contributed by atoms with E-state index in [-0.39, 0.29) is 39.4 Å². The Morgan fingerprint density at radius 3 is 2.70 bits per heavy atom. The molecule has 0 radical (unpaired) electrons. The molecule has 0 bridgehead atoms. The summed E-state index contributed by atoms with van der Waals surface area (Å²) in [5.41, 5.74) is -0.771.